The van der Waals surface area contributed by atoms with Crippen molar-refractivity contribution in [2.24, 2.45) is 17.8 Å². The van der Waals surface area contributed by atoms with Crippen molar-refractivity contribution in [2.45, 2.75) is 52.1 Å². The Morgan fingerprint density at radius 1 is 1.25 bits per heavy atom. The summed E-state index contributed by atoms with van der Waals surface area (Å²) in [5.74, 6) is 2.47. The van der Waals surface area contributed by atoms with Crippen LogP contribution in [-0.4, -0.2) is 18.2 Å². The van der Waals surface area contributed by atoms with E-state index in [1.165, 1.54) is 25.7 Å². The average Bonchev–Trinajstić information content (AvgIpc) is 2.97. The zero-order valence-corrected chi connectivity index (χ0v) is 10.6. The van der Waals surface area contributed by atoms with Gasteiger partial charge in [0.2, 0.25) is 0 Å². The molecule has 3 heteroatoms. The van der Waals surface area contributed by atoms with E-state index in [0.29, 0.717) is 5.92 Å². The fourth-order valence-electron chi connectivity index (χ4n) is 2.28. The van der Waals surface area contributed by atoms with Gasteiger partial charge in [-0.1, -0.05) is 0 Å². The Bertz CT molecular complexity index is 250. The van der Waals surface area contributed by atoms with Crippen LogP contribution < -0.4 is 5.32 Å². The molecule has 2 aliphatic rings. The van der Waals surface area contributed by atoms with Gasteiger partial charge in [0, 0.05) is 6.54 Å². The summed E-state index contributed by atoms with van der Waals surface area (Å²) in [6, 6.07) is 0. The maximum atomic E-state index is 11.5. The Morgan fingerprint density at radius 2 is 1.75 bits per heavy atom. The zero-order chi connectivity index (χ0) is 11.8. The van der Waals surface area contributed by atoms with Crippen LogP contribution in [0.5, 0.6) is 0 Å². The van der Waals surface area contributed by atoms with Crippen LogP contribution in [0.1, 0.15) is 46.5 Å². The highest BCUT2D eigenvalue weighted by Gasteiger charge is 2.41. The summed E-state index contributed by atoms with van der Waals surface area (Å²) in [6.45, 7) is 6.49. The summed E-state index contributed by atoms with van der Waals surface area (Å²) in [6.07, 6.45) is 5.17. The quantitative estimate of drug-likeness (QED) is 0.799. The highest BCUT2D eigenvalue weighted by Crippen LogP contribution is 2.48. The van der Waals surface area contributed by atoms with Crippen molar-refractivity contribution in [3.05, 3.63) is 0 Å². The van der Waals surface area contributed by atoms with Crippen molar-refractivity contribution < 1.29 is 9.53 Å². The van der Waals surface area contributed by atoms with E-state index in [-0.39, 0.29) is 6.09 Å². The number of carbonyl (C=O) groups is 1. The molecular formula is C13H23NO2. The molecule has 2 aliphatic carbocycles. The van der Waals surface area contributed by atoms with Gasteiger partial charge in [0.15, 0.2) is 0 Å². The van der Waals surface area contributed by atoms with Crippen molar-refractivity contribution in [3.8, 4) is 0 Å². The van der Waals surface area contributed by atoms with Crippen LogP contribution in [0.2, 0.25) is 0 Å². The molecule has 92 valence electrons. The van der Waals surface area contributed by atoms with E-state index in [0.717, 1.165) is 18.4 Å². The monoisotopic (exact) mass is 225 g/mol. The molecule has 0 aromatic heterocycles. The largest absolute Gasteiger partial charge is 0.444 e. The molecule has 0 radical (unpaired) electrons. The molecule has 1 N–H and O–H groups in total. The van der Waals surface area contributed by atoms with Gasteiger partial charge in [-0.25, -0.2) is 4.79 Å². The molecule has 2 rings (SSSR count). The summed E-state index contributed by atoms with van der Waals surface area (Å²) >= 11 is 0. The maximum Gasteiger partial charge on any atom is 0.407 e. The number of alkyl carbamates (subject to hydrolysis) is 1. The first-order chi connectivity index (χ1) is 7.46. The van der Waals surface area contributed by atoms with Gasteiger partial charge in [0.25, 0.3) is 0 Å². The van der Waals surface area contributed by atoms with Gasteiger partial charge in [0.1, 0.15) is 5.60 Å². The molecular weight excluding hydrogens is 202 g/mol. The van der Waals surface area contributed by atoms with Crippen molar-refractivity contribution in [1.29, 1.82) is 0 Å². The Kier molecular flexibility index (Phi) is 3.13. The molecule has 0 aromatic rings. The van der Waals surface area contributed by atoms with E-state index in [4.69, 9.17) is 4.74 Å². The minimum absolute atomic E-state index is 0.265. The highest BCUT2D eigenvalue weighted by molar-refractivity contribution is 5.67. The second-order valence-corrected chi connectivity index (χ2v) is 6.22. The third kappa shape index (κ3) is 3.69. The second-order valence-electron chi connectivity index (χ2n) is 6.22. The van der Waals surface area contributed by atoms with Crippen LogP contribution in [0.25, 0.3) is 0 Å². The molecule has 16 heavy (non-hydrogen) atoms. The lowest BCUT2D eigenvalue weighted by molar-refractivity contribution is 0.0515. The number of carbonyl (C=O) groups excluding carboxylic acids is 1. The molecule has 2 saturated carbocycles. The molecule has 0 heterocycles. The third-order valence-corrected chi connectivity index (χ3v) is 3.34. The molecule has 0 bridgehead atoms. The number of hydrogen-bond acceptors (Lipinski definition) is 2. The predicted molar refractivity (Wildman–Crippen MR) is 63.2 cm³/mol. The van der Waals surface area contributed by atoms with Crippen LogP contribution in [0, 0.1) is 17.8 Å². The Balaban J connectivity index is 1.70. The van der Waals surface area contributed by atoms with Crippen molar-refractivity contribution in [1.82, 2.24) is 5.32 Å². The van der Waals surface area contributed by atoms with Crippen molar-refractivity contribution >= 4 is 6.09 Å². The Morgan fingerprint density at radius 3 is 2.12 bits per heavy atom. The summed E-state index contributed by atoms with van der Waals surface area (Å²) in [5.41, 5.74) is -0.390. The van der Waals surface area contributed by atoms with Gasteiger partial charge in [-0.15, -0.1) is 0 Å². The normalized spacial score (nSPS) is 21.0. The predicted octanol–water partition coefficient (Wildman–Crippen LogP) is 2.95. The minimum Gasteiger partial charge on any atom is -0.444 e. The summed E-state index contributed by atoms with van der Waals surface area (Å²) < 4.78 is 5.24. The van der Waals surface area contributed by atoms with E-state index in [1.54, 1.807) is 0 Å². The van der Waals surface area contributed by atoms with E-state index >= 15 is 0 Å². The van der Waals surface area contributed by atoms with Gasteiger partial charge >= 0.3 is 6.09 Å². The number of rotatable bonds is 4. The van der Waals surface area contributed by atoms with Gasteiger partial charge in [-0.05, 0) is 64.2 Å². The van der Waals surface area contributed by atoms with Gasteiger partial charge in [0.05, 0.1) is 0 Å². The topological polar surface area (TPSA) is 38.3 Å². The first-order valence-corrected chi connectivity index (χ1v) is 6.42. The van der Waals surface area contributed by atoms with E-state index in [9.17, 15) is 4.79 Å². The fourth-order valence-corrected chi connectivity index (χ4v) is 2.28. The number of ether oxygens (including phenoxy) is 1. The second kappa shape index (κ2) is 4.27. The van der Waals surface area contributed by atoms with Crippen LogP contribution in [0.15, 0.2) is 0 Å². The van der Waals surface area contributed by atoms with E-state index in [2.05, 4.69) is 5.32 Å². The molecule has 3 nitrogen and oxygen atoms in total. The fraction of sp³-hybridized carbons (Fsp3) is 0.923. The first-order valence-electron chi connectivity index (χ1n) is 6.42. The van der Waals surface area contributed by atoms with Gasteiger partial charge in [-0.2, -0.15) is 0 Å². The van der Waals surface area contributed by atoms with E-state index < -0.39 is 5.60 Å². The molecule has 0 unspecified atom stereocenters. The number of hydrogen-bond donors (Lipinski definition) is 1. The highest BCUT2D eigenvalue weighted by atomic mass is 16.6. The lowest BCUT2D eigenvalue weighted by atomic mass is 9.98. The van der Waals surface area contributed by atoms with Crippen LogP contribution in [0.4, 0.5) is 4.79 Å². The molecule has 1 amide bonds. The maximum absolute atomic E-state index is 11.5. The lowest BCUT2D eigenvalue weighted by Gasteiger charge is -2.21. The number of amides is 1. The Labute approximate surface area is 97.9 Å². The van der Waals surface area contributed by atoms with Crippen LogP contribution in [0.3, 0.4) is 0 Å². The van der Waals surface area contributed by atoms with Crippen LogP contribution >= 0.6 is 0 Å². The standard InChI is InChI=1S/C13H23NO2/c1-13(2,3)16-12(15)14-8-11(9-4-5-9)10-6-7-10/h9-11H,4-8H2,1-3H3,(H,14,15). The van der Waals surface area contributed by atoms with E-state index in [1.807, 2.05) is 20.8 Å². The number of nitrogens with one attached hydrogen (secondary N) is 1. The first kappa shape index (κ1) is 11.7. The van der Waals surface area contributed by atoms with Gasteiger partial charge in [-0.3, -0.25) is 0 Å². The smallest absolute Gasteiger partial charge is 0.407 e. The van der Waals surface area contributed by atoms with Crippen molar-refractivity contribution in [2.75, 3.05) is 6.54 Å². The minimum atomic E-state index is -0.390. The van der Waals surface area contributed by atoms with Gasteiger partial charge < -0.3 is 10.1 Å². The molecule has 2 fully saturated rings. The molecule has 0 atom stereocenters. The molecule has 0 aliphatic heterocycles. The summed E-state index contributed by atoms with van der Waals surface area (Å²) in [7, 11) is 0. The molecule has 0 aromatic carbocycles. The average molecular weight is 225 g/mol. The summed E-state index contributed by atoms with van der Waals surface area (Å²) in [4.78, 5) is 11.5. The molecule has 0 spiro atoms. The van der Waals surface area contributed by atoms with Crippen molar-refractivity contribution in [3.63, 3.8) is 0 Å². The SMILES string of the molecule is CC(C)(C)OC(=O)NCC(C1CC1)C1CC1. The third-order valence-electron chi connectivity index (χ3n) is 3.34. The Hall–Kier alpha value is -0.730. The zero-order valence-electron chi connectivity index (χ0n) is 10.6. The summed E-state index contributed by atoms with van der Waals surface area (Å²) in [5, 5.41) is 2.92. The van der Waals surface area contributed by atoms with Crippen LogP contribution in [-0.2, 0) is 4.74 Å². The molecule has 0 saturated heterocycles. The lowest BCUT2D eigenvalue weighted by Crippen LogP contribution is -2.36.